The average molecular weight is 302 g/mol. The Morgan fingerprint density at radius 2 is 1.00 bits per heavy atom. The zero-order valence-corrected chi connectivity index (χ0v) is 13.2. The molecule has 0 fully saturated rings. The summed E-state index contributed by atoms with van der Waals surface area (Å²) in [6, 6.07) is 0. The van der Waals surface area contributed by atoms with E-state index in [1.165, 1.54) is 0 Å². The van der Waals surface area contributed by atoms with Gasteiger partial charge in [0.1, 0.15) is 0 Å². The van der Waals surface area contributed by atoms with Gasteiger partial charge in [0.25, 0.3) is 0 Å². The Kier molecular flexibility index (Phi) is 4.95. The number of rotatable bonds is 4. The molecule has 0 bridgehead atoms. The van der Waals surface area contributed by atoms with E-state index in [1.807, 2.05) is 0 Å². The quantitative estimate of drug-likeness (QED) is 0.699. The Morgan fingerprint density at radius 3 is 1.18 bits per heavy atom. The van der Waals surface area contributed by atoms with Crippen LogP contribution in [0.2, 0.25) is 47.5 Å². The molecule has 0 aromatic rings. The molecule has 0 unspecified atom stereocenters. The maximum atomic E-state index is 2.50. The first-order valence-electron chi connectivity index (χ1n) is 4.28. The van der Waals surface area contributed by atoms with Gasteiger partial charge in [0, 0.05) is 0 Å². The van der Waals surface area contributed by atoms with Gasteiger partial charge in [-0.05, 0) is 0 Å². The van der Waals surface area contributed by atoms with Crippen molar-refractivity contribution < 1.29 is 0 Å². The first kappa shape index (κ1) is 12.2. The third-order valence-electron chi connectivity index (χ3n) is 1.07. The Balaban J connectivity index is 3.44. The van der Waals surface area contributed by atoms with Crippen molar-refractivity contribution in [2.45, 2.75) is 47.5 Å². The van der Waals surface area contributed by atoms with E-state index in [0.717, 1.165) is 0 Å². The monoisotopic (exact) mass is 304 g/mol. The van der Waals surface area contributed by atoms with E-state index in [9.17, 15) is 0 Å². The summed E-state index contributed by atoms with van der Waals surface area (Å²) in [5.74, 6) is 0. The summed E-state index contributed by atoms with van der Waals surface area (Å²) in [7, 11) is -1.35. The molecule has 0 aliphatic rings. The van der Waals surface area contributed by atoms with Crippen molar-refractivity contribution in [1.82, 2.24) is 0 Å². The second-order valence-electron chi connectivity index (χ2n) is 5.61. The first-order chi connectivity index (χ1) is 4.71. The zero-order valence-electron chi connectivity index (χ0n) is 8.82. The molecule has 0 radical (unpaired) electrons. The molecule has 0 nitrogen and oxygen atoms in total. The van der Waals surface area contributed by atoms with Crippen LogP contribution in [0, 0.1) is 0 Å². The van der Waals surface area contributed by atoms with E-state index in [2.05, 4.69) is 39.3 Å². The molecule has 0 N–H and O–H groups in total. The van der Waals surface area contributed by atoms with Crippen LogP contribution >= 0.6 is 0 Å². The fraction of sp³-hybridized carbons (Fsp3) is 1.00. The van der Waals surface area contributed by atoms with Crippen LogP contribution in [-0.2, 0) is 0 Å². The topological polar surface area (TPSA) is 0 Å². The van der Waals surface area contributed by atoms with Crippen LogP contribution in [0.4, 0.5) is 0 Å². The predicted octanol–water partition coefficient (Wildman–Crippen LogP) is 3.28. The summed E-state index contributed by atoms with van der Waals surface area (Å²) >= 11 is 0.401. The molecule has 0 aromatic heterocycles. The van der Waals surface area contributed by atoms with E-state index in [0.29, 0.717) is 20.9 Å². The van der Waals surface area contributed by atoms with E-state index in [4.69, 9.17) is 0 Å². The van der Waals surface area contributed by atoms with Crippen molar-refractivity contribution in [3.8, 4) is 0 Å². The first-order valence-corrected chi connectivity index (χ1v) is 15.0. The molecule has 11 heavy (non-hydrogen) atoms. The summed E-state index contributed by atoms with van der Waals surface area (Å²) in [6.07, 6.45) is 0. The van der Waals surface area contributed by atoms with Crippen LogP contribution in [0.15, 0.2) is 0 Å². The molecule has 68 valence electrons. The van der Waals surface area contributed by atoms with Crippen molar-refractivity contribution in [2.24, 2.45) is 0 Å². The third kappa shape index (κ3) is 11.2. The molecule has 0 atom stereocenters. The molecule has 0 aromatic carbocycles. The van der Waals surface area contributed by atoms with Crippen molar-refractivity contribution in [3.05, 3.63) is 0 Å². The SMILES string of the molecule is C[Si](C)(C)C[Te]C[Si](C)(C)C. The third-order valence-corrected chi connectivity index (χ3v) is 21.5. The molecule has 0 amide bonds. The molecular formula is C8H22Si2Te. The Labute approximate surface area is 84.3 Å². The minimum atomic E-state index is -0.677. The summed E-state index contributed by atoms with van der Waals surface area (Å²) in [4.78, 5) is 0. The fourth-order valence-electron chi connectivity index (χ4n) is 0.663. The molecule has 3 heteroatoms. The standard InChI is InChI=1S/C8H22Si2Te/c1-9(2,3)7-11-8-10(4,5)6/h7-8H2,1-6H3. The van der Waals surface area contributed by atoms with Gasteiger partial charge in [0.05, 0.1) is 0 Å². The maximum absolute atomic E-state index is 2.50. The van der Waals surface area contributed by atoms with Crippen molar-refractivity contribution in [3.63, 3.8) is 0 Å². The van der Waals surface area contributed by atoms with E-state index >= 15 is 0 Å². The molecule has 0 aliphatic carbocycles. The predicted molar refractivity (Wildman–Crippen MR) is 62.1 cm³/mol. The minimum absolute atomic E-state index is 0.401. The van der Waals surface area contributed by atoms with E-state index in [1.54, 1.807) is 8.18 Å². The number of hydrogen-bond acceptors (Lipinski definition) is 0. The van der Waals surface area contributed by atoms with Crippen LogP contribution in [0.3, 0.4) is 0 Å². The second kappa shape index (κ2) is 4.46. The van der Waals surface area contributed by atoms with Gasteiger partial charge in [-0.3, -0.25) is 0 Å². The summed E-state index contributed by atoms with van der Waals surface area (Å²) in [6.45, 7) is 15.0. The van der Waals surface area contributed by atoms with Crippen LogP contribution < -0.4 is 0 Å². The molecular weight excluding hydrogens is 280 g/mol. The van der Waals surface area contributed by atoms with Gasteiger partial charge in [-0.1, -0.05) is 0 Å². The van der Waals surface area contributed by atoms with Crippen molar-refractivity contribution in [1.29, 1.82) is 0 Å². The van der Waals surface area contributed by atoms with Gasteiger partial charge in [-0.25, -0.2) is 0 Å². The van der Waals surface area contributed by atoms with Gasteiger partial charge >= 0.3 is 84.5 Å². The van der Waals surface area contributed by atoms with Crippen LogP contribution in [-0.4, -0.2) is 37.1 Å². The molecule has 0 saturated heterocycles. The summed E-state index contributed by atoms with van der Waals surface area (Å²) in [5, 5.41) is 0. The van der Waals surface area contributed by atoms with Gasteiger partial charge in [-0.2, -0.15) is 0 Å². The second-order valence-corrected chi connectivity index (χ2v) is 22.5. The van der Waals surface area contributed by atoms with Crippen LogP contribution in [0.1, 0.15) is 0 Å². The van der Waals surface area contributed by atoms with Crippen LogP contribution in [0.25, 0.3) is 0 Å². The Bertz CT molecular complexity index is 96.2. The van der Waals surface area contributed by atoms with E-state index < -0.39 is 16.1 Å². The summed E-state index contributed by atoms with van der Waals surface area (Å²) in [5.41, 5.74) is 0. The van der Waals surface area contributed by atoms with Crippen molar-refractivity contribution in [2.75, 3.05) is 0 Å². The molecule has 0 aliphatic heterocycles. The Morgan fingerprint density at radius 1 is 0.727 bits per heavy atom. The van der Waals surface area contributed by atoms with Gasteiger partial charge in [0.15, 0.2) is 0 Å². The molecule has 0 rings (SSSR count). The Hall–Kier alpha value is 1.22. The van der Waals surface area contributed by atoms with Gasteiger partial charge in [-0.15, -0.1) is 0 Å². The van der Waals surface area contributed by atoms with Gasteiger partial charge in [0.2, 0.25) is 0 Å². The fourth-order valence-corrected chi connectivity index (χ4v) is 15.4. The van der Waals surface area contributed by atoms with Crippen LogP contribution in [0.5, 0.6) is 0 Å². The molecule has 0 saturated carbocycles. The van der Waals surface area contributed by atoms with Gasteiger partial charge < -0.3 is 0 Å². The molecule has 0 spiro atoms. The average Bonchev–Trinajstić information content (AvgIpc) is 1.55. The zero-order chi connectivity index (χ0) is 9.12. The normalized spacial score (nSPS) is 13.6. The van der Waals surface area contributed by atoms with E-state index in [-0.39, 0.29) is 0 Å². The molecule has 0 heterocycles. The number of hydrogen-bond donors (Lipinski definition) is 0. The van der Waals surface area contributed by atoms with Crippen molar-refractivity contribution >= 4 is 37.1 Å². The summed E-state index contributed by atoms with van der Waals surface area (Å²) < 4.78 is 3.31.